The molecule has 1 aliphatic rings. The van der Waals surface area contributed by atoms with Crippen molar-refractivity contribution in [2.45, 2.75) is 64.3 Å². The molecule has 1 atom stereocenters. The normalized spacial score (nSPS) is 20.7. The predicted molar refractivity (Wildman–Crippen MR) is 67.4 cm³/mol. The highest BCUT2D eigenvalue weighted by molar-refractivity contribution is 5.76. The van der Waals surface area contributed by atoms with Gasteiger partial charge in [0.25, 0.3) is 0 Å². The first-order valence-corrected chi connectivity index (χ1v) is 6.83. The first-order chi connectivity index (χ1) is 7.83. The van der Waals surface area contributed by atoms with E-state index in [4.69, 9.17) is 0 Å². The van der Waals surface area contributed by atoms with Gasteiger partial charge in [0.1, 0.15) is 0 Å². The predicted octanol–water partition coefficient (Wildman–Crippen LogP) is 2.22. The summed E-state index contributed by atoms with van der Waals surface area (Å²) in [6.45, 7) is 4.26. The quantitative estimate of drug-likeness (QED) is 0.654. The zero-order chi connectivity index (χ0) is 11.6. The highest BCUT2D eigenvalue weighted by atomic mass is 16.1. The van der Waals surface area contributed by atoms with Gasteiger partial charge in [-0.3, -0.25) is 4.79 Å². The van der Waals surface area contributed by atoms with Crippen molar-refractivity contribution in [2.75, 3.05) is 13.1 Å². The van der Waals surface area contributed by atoms with Crippen LogP contribution < -0.4 is 10.6 Å². The lowest BCUT2D eigenvalue weighted by Gasteiger charge is -2.23. The molecule has 0 aromatic heterocycles. The third-order valence-electron chi connectivity index (χ3n) is 3.17. The van der Waals surface area contributed by atoms with E-state index in [1.54, 1.807) is 0 Å². The number of nitrogens with one attached hydrogen (secondary N) is 2. The number of carbonyl (C=O) groups excluding carboxylic acids is 1. The molecule has 0 spiro atoms. The van der Waals surface area contributed by atoms with E-state index in [1.165, 1.54) is 32.1 Å². The molecule has 1 fully saturated rings. The minimum Gasteiger partial charge on any atom is -0.352 e. The Kier molecular flexibility index (Phi) is 7.23. The summed E-state index contributed by atoms with van der Waals surface area (Å²) in [5, 5.41) is 6.42. The maximum atomic E-state index is 11.6. The zero-order valence-electron chi connectivity index (χ0n) is 10.6. The van der Waals surface area contributed by atoms with E-state index in [2.05, 4.69) is 17.6 Å². The van der Waals surface area contributed by atoms with Crippen LogP contribution in [0, 0.1) is 0 Å². The van der Waals surface area contributed by atoms with Crippen LogP contribution in [-0.2, 0) is 4.79 Å². The Bertz CT molecular complexity index is 188. The molecular weight excluding hydrogens is 200 g/mol. The molecule has 1 saturated heterocycles. The van der Waals surface area contributed by atoms with E-state index >= 15 is 0 Å². The van der Waals surface area contributed by atoms with Crippen molar-refractivity contribution in [3.8, 4) is 0 Å². The molecule has 0 unspecified atom stereocenters. The van der Waals surface area contributed by atoms with Gasteiger partial charge in [0.15, 0.2) is 0 Å². The first-order valence-electron chi connectivity index (χ1n) is 6.83. The van der Waals surface area contributed by atoms with Crippen LogP contribution in [0.2, 0.25) is 0 Å². The molecule has 1 rings (SSSR count). The molecule has 0 radical (unpaired) electrons. The van der Waals surface area contributed by atoms with Crippen molar-refractivity contribution in [1.82, 2.24) is 10.6 Å². The summed E-state index contributed by atoms with van der Waals surface area (Å²) >= 11 is 0. The van der Waals surface area contributed by atoms with E-state index in [0.29, 0.717) is 12.5 Å². The lowest BCUT2D eigenvalue weighted by atomic mass is 10.1. The van der Waals surface area contributed by atoms with Crippen molar-refractivity contribution in [2.24, 2.45) is 0 Å². The zero-order valence-corrected chi connectivity index (χ0v) is 10.6. The first kappa shape index (κ1) is 13.5. The van der Waals surface area contributed by atoms with E-state index in [0.717, 1.165) is 25.9 Å². The van der Waals surface area contributed by atoms with Crippen LogP contribution in [0.5, 0.6) is 0 Å². The average molecular weight is 226 g/mol. The Morgan fingerprint density at radius 1 is 1.31 bits per heavy atom. The molecule has 0 aromatic rings. The second-order valence-electron chi connectivity index (χ2n) is 4.78. The van der Waals surface area contributed by atoms with Crippen LogP contribution in [0.25, 0.3) is 0 Å². The van der Waals surface area contributed by atoms with Gasteiger partial charge in [-0.05, 0) is 25.8 Å². The lowest BCUT2D eigenvalue weighted by molar-refractivity contribution is -0.122. The molecular formula is C13H26N2O. The monoisotopic (exact) mass is 226 g/mol. The third-order valence-corrected chi connectivity index (χ3v) is 3.17. The molecule has 1 amide bonds. The molecule has 0 aromatic carbocycles. The van der Waals surface area contributed by atoms with Crippen molar-refractivity contribution in [3.63, 3.8) is 0 Å². The number of amides is 1. The Labute approximate surface area is 99.4 Å². The highest BCUT2D eigenvalue weighted by Gasteiger charge is 2.14. The topological polar surface area (TPSA) is 41.1 Å². The molecule has 3 heteroatoms. The fraction of sp³-hybridized carbons (Fsp3) is 0.923. The van der Waals surface area contributed by atoms with Gasteiger partial charge in [-0.1, -0.05) is 32.6 Å². The Morgan fingerprint density at radius 3 is 2.81 bits per heavy atom. The van der Waals surface area contributed by atoms with E-state index in [9.17, 15) is 4.79 Å². The number of piperidine rings is 1. The van der Waals surface area contributed by atoms with E-state index < -0.39 is 0 Å². The van der Waals surface area contributed by atoms with Crippen molar-refractivity contribution < 1.29 is 4.79 Å². The second-order valence-corrected chi connectivity index (χ2v) is 4.78. The molecule has 0 aliphatic carbocycles. The largest absolute Gasteiger partial charge is 0.352 e. The molecule has 0 saturated carbocycles. The second kappa shape index (κ2) is 8.57. The van der Waals surface area contributed by atoms with Gasteiger partial charge in [0, 0.05) is 19.0 Å². The van der Waals surface area contributed by atoms with E-state index in [-0.39, 0.29) is 5.91 Å². The number of carbonyl (C=O) groups is 1. The minimum atomic E-state index is 0.241. The average Bonchev–Trinajstić information content (AvgIpc) is 2.30. The number of hydrogen-bond acceptors (Lipinski definition) is 2. The molecule has 16 heavy (non-hydrogen) atoms. The smallest absolute Gasteiger partial charge is 0.220 e. The lowest BCUT2D eigenvalue weighted by Crippen LogP contribution is -2.45. The Balaban J connectivity index is 1.97. The van der Waals surface area contributed by atoms with Crippen molar-refractivity contribution in [1.29, 1.82) is 0 Å². The molecule has 2 N–H and O–H groups in total. The highest BCUT2D eigenvalue weighted by Crippen LogP contribution is 2.06. The van der Waals surface area contributed by atoms with Crippen LogP contribution in [0.1, 0.15) is 58.3 Å². The summed E-state index contributed by atoms with van der Waals surface area (Å²) in [5.41, 5.74) is 0. The maximum absolute atomic E-state index is 11.6. The van der Waals surface area contributed by atoms with E-state index in [1.807, 2.05) is 0 Å². The van der Waals surface area contributed by atoms with Crippen LogP contribution in [-0.4, -0.2) is 25.0 Å². The van der Waals surface area contributed by atoms with Gasteiger partial charge >= 0.3 is 0 Å². The van der Waals surface area contributed by atoms with Crippen molar-refractivity contribution in [3.05, 3.63) is 0 Å². The summed E-state index contributed by atoms with van der Waals surface area (Å²) < 4.78 is 0. The molecule has 1 aliphatic heterocycles. The molecule has 0 bridgehead atoms. The van der Waals surface area contributed by atoms with Crippen LogP contribution in [0.15, 0.2) is 0 Å². The fourth-order valence-electron chi connectivity index (χ4n) is 2.16. The number of unbranched alkanes of at least 4 members (excludes halogenated alkanes) is 4. The maximum Gasteiger partial charge on any atom is 0.220 e. The summed E-state index contributed by atoms with van der Waals surface area (Å²) in [4.78, 5) is 11.6. The number of rotatable bonds is 7. The summed E-state index contributed by atoms with van der Waals surface area (Å²) in [6, 6.07) is 0.372. The SMILES string of the molecule is CCCCCCCC(=O)N[C@@H]1CCCNC1. The van der Waals surface area contributed by atoms with Crippen LogP contribution in [0.3, 0.4) is 0 Å². The van der Waals surface area contributed by atoms with Gasteiger partial charge in [0.2, 0.25) is 5.91 Å². The van der Waals surface area contributed by atoms with Gasteiger partial charge in [-0.2, -0.15) is 0 Å². The van der Waals surface area contributed by atoms with Gasteiger partial charge < -0.3 is 10.6 Å². The Hall–Kier alpha value is -0.570. The summed E-state index contributed by atoms with van der Waals surface area (Å²) in [7, 11) is 0. The third kappa shape index (κ3) is 6.11. The standard InChI is InChI=1S/C13H26N2O/c1-2-3-4-5-6-9-13(16)15-12-8-7-10-14-11-12/h12,14H,2-11H2,1H3,(H,15,16)/t12-/m1/s1. The summed E-state index contributed by atoms with van der Waals surface area (Å²) in [5.74, 6) is 0.241. The van der Waals surface area contributed by atoms with Crippen molar-refractivity contribution >= 4 is 5.91 Å². The molecule has 94 valence electrons. The van der Waals surface area contributed by atoms with Crippen LogP contribution >= 0.6 is 0 Å². The summed E-state index contributed by atoms with van der Waals surface area (Å²) in [6.07, 6.45) is 9.11. The fourth-order valence-corrected chi connectivity index (χ4v) is 2.16. The Morgan fingerprint density at radius 2 is 2.12 bits per heavy atom. The minimum absolute atomic E-state index is 0.241. The van der Waals surface area contributed by atoms with Gasteiger partial charge in [-0.25, -0.2) is 0 Å². The van der Waals surface area contributed by atoms with Gasteiger partial charge in [-0.15, -0.1) is 0 Å². The van der Waals surface area contributed by atoms with Crippen LogP contribution in [0.4, 0.5) is 0 Å². The molecule has 1 heterocycles. The molecule has 3 nitrogen and oxygen atoms in total. The number of hydrogen-bond donors (Lipinski definition) is 2. The van der Waals surface area contributed by atoms with Gasteiger partial charge in [0.05, 0.1) is 0 Å².